The summed E-state index contributed by atoms with van der Waals surface area (Å²) in [5.41, 5.74) is -0.292. The molecule has 0 radical (unpaired) electrons. The molecule has 114 valence electrons. The van der Waals surface area contributed by atoms with Crippen LogP contribution in [0.3, 0.4) is 0 Å². The molecule has 2 rings (SSSR count). The van der Waals surface area contributed by atoms with E-state index in [9.17, 15) is 18.4 Å². The number of hydrogen-bond acceptors (Lipinski definition) is 3. The fourth-order valence-corrected chi connectivity index (χ4v) is 2.42. The summed E-state index contributed by atoms with van der Waals surface area (Å²) in [6.45, 7) is 5.73. The highest BCUT2D eigenvalue weighted by atomic mass is 19.1. The van der Waals surface area contributed by atoms with Crippen molar-refractivity contribution in [1.29, 1.82) is 0 Å². The molecule has 0 aromatic heterocycles. The third-order valence-corrected chi connectivity index (χ3v) is 3.41. The van der Waals surface area contributed by atoms with Crippen molar-refractivity contribution in [3.8, 4) is 0 Å². The van der Waals surface area contributed by atoms with Crippen LogP contribution in [-0.4, -0.2) is 31.3 Å². The monoisotopic (exact) mass is 296 g/mol. The van der Waals surface area contributed by atoms with Crippen molar-refractivity contribution in [3.05, 3.63) is 29.3 Å². The molecule has 6 heteroatoms. The molecule has 1 unspecified atom stereocenters. The fourth-order valence-electron chi connectivity index (χ4n) is 2.42. The van der Waals surface area contributed by atoms with E-state index in [2.05, 4.69) is 5.32 Å². The van der Waals surface area contributed by atoms with Gasteiger partial charge in [0.05, 0.1) is 11.3 Å². The summed E-state index contributed by atoms with van der Waals surface area (Å²) >= 11 is 0. The van der Waals surface area contributed by atoms with Crippen LogP contribution >= 0.6 is 0 Å². The van der Waals surface area contributed by atoms with Crippen molar-refractivity contribution >= 4 is 17.4 Å². The van der Waals surface area contributed by atoms with Crippen LogP contribution in [-0.2, 0) is 4.79 Å². The van der Waals surface area contributed by atoms with E-state index in [1.54, 1.807) is 0 Å². The second-order valence-corrected chi connectivity index (χ2v) is 5.34. The van der Waals surface area contributed by atoms with Crippen molar-refractivity contribution < 1.29 is 18.4 Å². The zero-order valence-electron chi connectivity index (χ0n) is 12.1. The van der Waals surface area contributed by atoms with E-state index < -0.39 is 23.3 Å². The van der Waals surface area contributed by atoms with Crippen LogP contribution in [0.25, 0.3) is 0 Å². The highest BCUT2D eigenvalue weighted by Crippen LogP contribution is 2.32. The first-order chi connectivity index (χ1) is 9.95. The van der Waals surface area contributed by atoms with E-state index in [0.29, 0.717) is 12.6 Å². The van der Waals surface area contributed by atoms with E-state index in [-0.39, 0.29) is 23.7 Å². The molecule has 0 saturated carbocycles. The van der Waals surface area contributed by atoms with Gasteiger partial charge in [0, 0.05) is 12.6 Å². The number of Topliss-reactive ketones (excluding diaryl/α,β-unsaturated/α-hetero) is 1. The van der Waals surface area contributed by atoms with Crippen molar-refractivity contribution in [2.75, 3.05) is 24.5 Å². The van der Waals surface area contributed by atoms with E-state index in [1.807, 2.05) is 13.8 Å². The molecule has 0 aliphatic carbocycles. The molecule has 0 bridgehead atoms. The minimum absolute atomic E-state index is 0.0323. The van der Waals surface area contributed by atoms with E-state index >= 15 is 0 Å². The van der Waals surface area contributed by atoms with Gasteiger partial charge in [-0.1, -0.05) is 13.8 Å². The van der Waals surface area contributed by atoms with Gasteiger partial charge in [0.1, 0.15) is 11.6 Å². The summed E-state index contributed by atoms with van der Waals surface area (Å²) in [5, 5.41) is 3.21. The molecule has 1 atom stereocenters. The topological polar surface area (TPSA) is 49.4 Å². The summed E-state index contributed by atoms with van der Waals surface area (Å²) in [5.74, 6) is -3.42. The van der Waals surface area contributed by atoms with Crippen LogP contribution in [0.5, 0.6) is 0 Å². The van der Waals surface area contributed by atoms with Crippen LogP contribution in [0, 0.1) is 17.6 Å². The number of ketones is 1. The molecular formula is C15H18F2N2O2. The number of fused-ring (bicyclic) bond motifs is 1. The standard InChI is InChI=1S/C15H18F2N2O2/c1-3-4-18-7-9(2)8-19-12-6-10(16)5-11(17)13(12)14(20)15(19)21/h5-6,9,18H,3-4,7-8H2,1-2H3. The number of nitrogens with zero attached hydrogens (tertiary/aromatic N) is 1. The number of benzene rings is 1. The van der Waals surface area contributed by atoms with Gasteiger partial charge in [-0.3, -0.25) is 9.59 Å². The molecule has 4 nitrogen and oxygen atoms in total. The van der Waals surface area contributed by atoms with Gasteiger partial charge in [-0.25, -0.2) is 8.78 Å². The first kappa shape index (κ1) is 15.6. The summed E-state index contributed by atoms with van der Waals surface area (Å²) in [4.78, 5) is 24.9. The summed E-state index contributed by atoms with van der Waals surface area (Å²) in [7, 11) is 0. The number of anilines is 1. The van der Waals surface area contributed by atoms with Gasteiger partial charge >= 0.3 is 0 Å². The third-order valence-electron chi connectivity index (χ3n) is 3.41. The smallest absolute Gasteiger partial charge is 0.299 e. The average molecular weight is 296 g/mol. The van der Waals surface area contributed by atoms with Crippen molar-refractivity contribution in [1.82, 2.24) is 5.32 Å². The van der Waals surface area contributed by atoms with E-state index in [1.165, 1.54) is 4.90 Å². The third kappa shape index (κ3) is 3.10. The largest absolute Gasteiger partial charge is 0.316 e. The zero-order chi connectivity index (χ0) is 15.6. The van der Waals surface area contributed by atoms with Crippen LogP contribution in [0.1, 0.15) is 30.6 Å². The summed E-state index contributed by atoms with van der Waals surface area (Å²) < 4.78 is 27.0. The predicted octanol–water partition coefficient (Wildman–Crippen LogP) is 2.13. The molecule has 1 aromatic carbocycles. The van der Waals surface area contributed by atoms with E-state index in [0.717, 1.165) is 19.0 Å². The van der Waals surface area contributed by atoms with Gasteiger partial charge in [0.15, 0.2) is 0 Å². The molecule has 1 aliphatic heterocycles. The first-order valence-electron chi connectivity index (χ1n) is 7.01. The highest BCUT2D eigenvalue weighted by Gasteiger charge is 2.39. The Morgan fingerprint density at radius 2 is 2.00 bits per heavy atom. The lowest BCUT2D eigenvalue weighted by atomic mass is 10.1. The van der Waals surface area contributed by atoms with Crippen molar-refractivity contribution in [3.63, 3.8) is 0 Å². The maximum atomic E-state index is 13.7. The van der Waals surface area contributed by atoms with Crippen LogP contribution in [0.4, 0.5) is 14.5 Å². The highest BCUT2D eigenvalue weighted by molar-refractivity contribution is 6.52. The normalized spacial score (nSPS) is 15.5. The summed E-state index contributed by atoms with van der Waals surface area (Å²) in [6.07, 6.45) is 0.993. The fraction of sp³-hybridized carbons (Fsp3) is 0.467. The van der Waals surface area contributed by atoms with Crippen LogP contribution < -0.4 is 10.2 Å². The Kier molecular flexibility index (Phi) is 4.67. The molecule has 0 fully saturated rings. The predicted molar refractivity (Wildman–Crippen MR) is 75.4 cm³/mol. The quantitative estimate of drug-likeness (QED) is 0.646. The lowest BCUT2D eigenvalue weighted by Crippen LogP contribution is -2.37. The Hall–Kier alpha value is -1.82. The van der Waals surface area contributed by atoms with Gasteiger partial charge in [-0.05, 0) is 31.5 Å². The van der Waals surface area contributed by atoms with Crippen LogP contribution in [0.2, 0.25) is 0 Å². The lowest BCUT2D eigenvalue weighted by molar-refractivity contribution is -0.114. The first-order valence-corrected chi connectivity index (χ1v) is 7.01. The average Bonchev–Trinajstić information content (AvgIpc) is 2.64. The van der Waals surface area contributed by atoms with E-state index in [4.69, 9.17) is 0 Å². The number of carbonyl (C=O) groups excluding carboxylic acids is 2. The number of carbonyl (C=O) groups is 2. The van der Waals surface area contributed by atoms with Gasteiger partial charge in [0.2, 0.25) is 0 Å². The molecule has 1 aromatic rings. The molecule has 1 heterocycles. The molecule has 21 heavy (non-hydrogen) atoms. The number of hydrogen-bond donors (Lipinski definition) is 1. The number of rotatable bonds is 6. The van der Waals surface area contributed by atoms with Gasteiger partial charge < -0.3 is 10.2 Å². The Morgan fingerprint density at radius 3 is 2.67 bits per heavy atom. The zero-order valence-corrected chi connectivity index (χ0v) is 12.1. The van der Waals surface area contributed by atoms with Gasteiger partial charge in [-0.15, -0.1) is 0 Å². The Balaban J connectivity index is 2.19. The molecular weight excluding hydrogens is 278 g/mol. The molecule has 1 amide bonds. The molecule has 0 saturated heterocycles. The Labute approximate surface area is 122 Å². The molecule has 0 spiro atoms. The Bertz CT molecular complexity index is 575. The minimum Gasteiger partial charge on any atom is -0.316 e. The number of amides is 1. The second-order valence-electron chi connectivity index (χ2n) is 5.34. The lowest BCUT2D eigenvalue weighted by Gasteiger charge is -2.21. The Morgan fingerprint density at radius 1 is 1.29 bits per heavy atom. The van der Waals surface area contributed by atoms with Crippen LogP contribution in [0.15, 0.2) is 12.1 Å². The van der Waals surface area contributed by atoms with Crippen molar-refractivity contribution in [2.24, 2.45) is 5.92 Å². The number of nitrogens with one attached hydrogen (secondary N) is 1. The number of halogens is 2. The molecule has 1 N–H and O–H groups in total. The molecule has 1 aliphatic rings. The second kappa shape index (κ2) is 6.30. The van der Waals surface area contributed by atoms with Gasteiger partial charge in [-0.2, -0.15) is 0 Å². The maximum absolute atomic E-state index is 13.7. The SMILES string of the molecule is CCCNCC(C)CN1C(=O)C(=O)c2c(F)cc(F)cc21. The maximum Gasteiger partial charge on any atom is 0.299 e. The van der Waals surface area contributed by atoms with Crippen molar-refractivity contribution in [2.45, 2.75) is 20.3 Å². The van der Waals surface area contributed by atoms with Gasteiger partial charge in [0.25, 0.3) is 11.7 Å². The summed E-state index contributed by atoms with van der Waals surface area (Å²) in [6, 6.07) is 1.66. The minimum atomic E-state index is -0.984.